The molecule has 0 spiro atoms. The molecule has 1 amide bonds. The van der Waals surface area contributed by atoms with Crippen LogP contribution in [0.3, 0.4) is 0 Å². The van der Waals surface area contributed by atoms with Crippen molar-refractivity contribution in [3.05, 3.63) is 53.4 Å². The van der Waals surface area contributed by atoms with Gasteiger partial charge in [0.1, 0.15) is 17.8 Å². The van der Waals surface area contributed by atoms with E-state index in [-0.39, 0.29) is 11.9 Å². The third-order valence-corrected chi connectivity index (χ3v) is 5.90. The summed E-state index contributed by atoms with van der Waals surface area (Å²) < 4.78 is 0. The topological polar surface area (TPSA) is 99.9 Å². The summed E-state index contributed by atoms with van der Waals surface area (Å²) in [5.74, 6) is 0.887. The Kier molecular flexibility index (Phi) is 5.43. The number of anilines is 1. The fourth-order valence-corrected chi connectivity index (χ4v) is 4.02. The van der Waals surface area contributed by atoms with Crippen molar-refractivity contribution in [2.24, 2.45) is 5.73 Å². The predicted octanol–water partition coefficient (Wildman–Crippen LogP) is 3.18. The molecule has 0 aliphatic carbocycles. The molecule has 1 aliphatic rings. The van der Waals surface area contributed by atoms with Crippen molar-refractivity contribution in [1.29, 1.82) is 0 Å². The van der Waals surface area contributed by atoms with Gasteiger partial charge in [0, 0.05) is 36.3 Å². The van der Waals surface area contributed by atoms with Crippen LogP contribution in [0, 0.1) is 0 Å². The van der Waals surface area contributed by atoms with E-state index in [1.54, 1.807) is 6.33 Å². The summed E-state index contributed by atoms with van der Waals surface area (Å²) in [4.78, 5) is 26.6. The molecule has 1 fully saturated rings. The van der Waals surface area contributed by atoms with Crippen LogP contribution in [-0.2, 0) is 4.79 Å². The molecular formula is C21H25ClN6O. The van der Waals surface area contributed by atoms with Crippen LogP contribution >= 0.6 is 11.6 Å². The molecule has 7 nitrogen and oxygen atoms in total. The van der Waals surface area contributed by atoms with E-state index in [9.17, 15) is 4.79 Å². The molecule has 29 heavy (non-hydrogen) atoms. The van der Waals surface area contributed by atoms with Crippen LogP contribution in [0.4, 0.5) is 5.82 Å². The predicted molar refractivity (Wildman–Crippen MR) is 115 cm³/mol. The molecule has 0 radical (unpaired) electrons. The number of nitrogens with one attached hydrogen (secondary N) is 2. The fourth-order valence-electron chi connectivity index (χ4n) is 3.90. The lowest BCUT2D eigenvalue weighted by Gasteiger charge is -2.39. The number of aromatic amines is 1. The van der Waals surface area contributed by atoms with E-state index in [1.807, 2.05) is 43.5 Å². The number of nitrogens with zero attached hydrogens (tertiary/aromatic N) is 3. The molecule has 8 heteroatoms. The number of carbonyl (C=O) groups is 1. The standard InChI is InChI=1S/C21H25ClN6O/c1-14(15-2-4-16(22)5-3-15)27-18(29)12-21(23)7-10-28(11-8-21)20-17-6-9-24-19(17)25-13-26-20/h2-6,9,13-14H,7-8,10-12,23H2,1H3,(H,27,29)(H,24,25,26). The summed E-state index contributed by atoms with van der Waals surface area (Å²) in [6, 6.07) is 9.40. The van der Waals surface area contributed by atoms with Gasteiger partial charge in [-0.3, -0.25) is 4.79 Å². The SMILES string of the molecule is CC(NC(=O)CC1(N)CCN(c2ncnc3[nH]ccc23)CC1)c1ccc(Cl)cc1. The van der Waals surface area contributed by atoms with Crippen LogP contribution in [0.25, 0.3) is 11.0 Å². The second kappa shape index (κ2) is 8.00. The van der Waals surface area contributed by atoms with Crippen molar-refractivity contribution in [2.75, 3.05) is 18.0 Å². The summed E-state index contributed by atoms with van der Waals surface area (Å²) >= 11 is 5.93. The molecule has 152 valence electrons. The number of carbonyl (C=O) groups excluding carboxylic acids is 1. The molecule has 0 saturated carbocycles. The number of halogens is 1. The molecule has 3 heterocycles. The van der Waals surface area contributed by atoms with Gasteiger partial charge in [-0.05, 0) is 43.5 Å². The first-order chi connectivity index (χ1) is 13.9. The van der Waals surface area contributed by atoms with Gasteiger partial charge in [0.25, 0.3) is 0 Å². The average Bonchev–Trinajstić information content (AvgIpc) is 3.17. The Morgan fingerprint density at radius 1 is 1.28 bits per heavy atom. The number of H-pyrrole nitrogens is 1. The fraction of sp³-hybridized carbons (Fsp3) is 0.381. The van der Waals surface area contributed by atoms with E-state index in [0.29, 0.717) is 11.4 Å². The van der Waals surface area contributed by atoms with Gasteiger partial charge in [0.2, 0.25) is 5.91 Å². The maximum absolute atomic E-state index is 12.6. The van der Waals surface area contributed by atoms with Crippen molar-refractivity contribution >= 4 is 34.4 Å². The van der Waals surface area contributed by atoms with Crippen LogP contribution in [0.15, 0.2) is 42.9 Å². The molecule has 3 aromatic rings. The number of amides is 1. The molecule has 1 atom stereocenters. The zero-order valence-electron chi connectivity index (χ0n) is 16.4. The van der Waals surface area contributed by atoms with E-state index in [2.05, 4.69) is 25.2 Å². The smallest absolute Gasteiger partial charge is 0.222 e. The van der Waals surface area contributed by atoms with Gasteiger partial charge in [-0.1, -0.05) is 23.7 Å². The van der Waals surface area contributed by atoms with E-state index < -0.39 is 5.54 Å². The summed E-state index contributed by atoms with van der Waals surface area (Å²) in [5, 5.41) is 4.74. The third kappa shape index (κ3) is 4.36. The Labute approximate surface area is 174 Å². The van der Waals surface area contributed by atoms with Gasteiger partial charge < -0.3 is 20.9 Å². The number of piperidine rings is 1. The first-order valence-electron chi connectivity index (χ1n) is 9.80. The summed E-state index contributed by atoms with van der Waals surface area (Å²) in [6.45, 7) is 3.48. The average molecular weight is 413 g/mol. The molecule has 1 aliphatic heterocycles. The molecule has 0 bridgehead atoms. The van der Waals surface area contributed by atoms with Gasteiger partial charge in [-0.25, -0.2) is 9.97 Å². The van der Waals surface area contributed by atoms with Gasteiger partial charge in [0.15, 0.2) is 0 Å². The Morgan fingerprint density at radius 3 is 2.72 bits per heavy atom. The first-order valence-corrected chi connectivity index (χ1v) is 10.2. The number of benzene rings is 1. The summed E-state index contributed by atoms with van der Waals surface area (Å²) in [6.07, 6.45) is 5.20. The highest BCUT2D eigenvalue weighted by atomic mass is 35.5. The van der Waals surface area contributed by atoms with E-state index >= 15 is 0 Å². The van der Waals surface area contributed by atoms with Crippen LogP contribution in [0.1, 0.15) is 37.8 Å². The lowest BCUT2D eigenvalue weighted by molar-refractivity contribution is -0.123. The summed E-state index contributed by atoms with van der Waals surface area (Å²) in [7, 11) is 0. The highest BCUT2D eigenvalue weighted by molar-refractivity contribution is 6.30. The molecule has 1 aromatic carbocycles. The Bertz CT molecular complexity index is 994. The van der Waals surface area contributed by atoms with Gasteiger partial charge in [0.05, 0.1) is 11.4 Å². The van der Waals surface area contributed by atoms with Gasteiger partial charge in [-0.2, -0.15) is 0 Å². The number of rotatable bonds is 5. The largest absolute Gasteiger partial charge is 0.356 e. The molecule has 2 aromatic heterocycles. The molecule has 4 N–H and O–H groups in total. The van der Waals surface area contributed by atoms with Crippen LogP contribution in [0.2, 0.25) is 5.02 Å². The number of aromatic nitrogens is 3. The van der Waals surface area contributed by atoms with E-state index in [0.717, 1.165) is 48.3 Å². The quantitative estimate of drug-likeness (QED) is 0.597. The van der Waals surface area contributed by atoms with Crippen LogP contribution < -0.4 is 16.0 Å². The Morgan fingerprint density at radius 2 is 2.00 bits per heavy atom. The number of nitrogens with two attached hydrogens (primary N) is 1. The molecule has 1 saturated heterocycles. The van der Waals surface area contributed by atoms with Crippen LogP contribution in [-0.4, -0.2) is 39.5 Å². The highest BCUT2D eigenvalue weighted by Crippen LogP contribution is 2.29. The van der Waals surface area contributed by atoms with Crippen molar-refractivity contribution in [3.63, 3.8) is 0 Å². The maximum atomic E-state index is 12.6. The molecular weight excluding hydrogens is 388 g/mol. The molecule has 4 rings (SSSR count). The Hall–Kier alpha value is -2.64. The van der Waals surface area contributed by atoms with E-state index in [4.69, 9.17) is 17.3 Å². The first kappa shape index (κ1) is 19.7. The lowest BCUT2D eigenvalue weighted by Crippen LogP contribution is -2.53. The number of hydrogen-bond acceptors (Lipinski definition) is 5. The second-order valence-electron chi connectivity index (χ2n) is 7.80. The number of hydrogen-bond donors (Lipinski definition) is 3. The third-order valence-electron chi connectivity index (χ3n) is 5.65. The van der Waals surface area contributed by atoms with Crippen molar-refractivity contribution in [1.82, 2.24) is 20.3 Å². The minimum absolute atomic E-state index is 0.0292. The van der Waals surface area contributed by atoms with Crippen LogP contribution in [0.5, 0.6) is 0 Å². The van der Waals surface area contributed by atoms with Gasteiger partial charge >= 0.3 is 0 Å². The van der Waals surface area contributed by atoms with Crippen molar-refractivity contribution in [3.8, 4) is 0 Å². The normalized spacial score (nSPS) is 17.3. The zero-order valence-corrected chi connectivity index (χ0v) is 17.1. The minimum atomic E-state index is -0.509. The minimum Gasteiger partial charge on any atom is -0.356 e. The highest BCUT2D eigenvalue weighted by Gasteiger charge is 2.34. The number of fused-ring (bicyclic) bond motifs is 1. The van der Waals surface area contributed by atoms with Crippen molar-refractivity contribution < 1.29 is 4.79 Å². The van der Waals surface area contributed by atoms with Crippen molar-refractivity contribution in [2.45, 2.75) is 37.8 Å². The molecule has 1 unspecified atom stereocenters. The maximum Gasteiger partial charge on any atom is 0.222 e. The van der Waals surface area contributed by atoms with Gasteiger partial charge in [-0.15, -0.1) is 0 Å². The Balaban J connectivity index is 1.35. The lowest BCUT2D eigenvalue weighted by atomic mass is 9.85. The second-order valence-corrected chi connectivity index (χ2v) is 8.24. The monoisotopic (exact) mass is 412 g/mol. The summed E-state index contributed by atoms with van der Waals surface area (Å²) in [5.41, 5.74) is 7.92. The zero-order chi connectivity index (χ0) is 20.4. The van der Waals surface area contributed by atoms with E-state index in [1.165, 1.54) is 0 Å².